The van der Waals surface area contributed by atoms with Crippen molar-refractivity contribution >= 4 is 15.9 Å². The maximum absolute atomic E-state index is 14.1. The minimum absolute atomic E-state index is 0.247. The average molecular weight is 309 g/mol. The van der Waals surface area contributed by atoms with Crippen LogP contribution in [0.3, 0.4) is 0 Å². The number of nitrogens with zero attached hydrogens (tertiary/aromatic N) is 1. The Morgan fingerprint density at radius 1 is 1.28 bits per heavy atom. The van der Waals surface area contributed by atoms with Crippen LogP contribution >= 0.6 is 15.9 Å². The molecule has 1 unspecified atom stereocenters. The van der Waals surface area contributed by atoms with E-state index in [-0.39, 0.29) is 11.9 Å². The van der Waals surface area contributed by atoms with Crippen LogP contribution < -0.4 is 5.32 Å². The van der Waals surface area contributed by atoms with Gasteiger partial charge in [-0.3, -0.25) is 4.98 Å². The summed E-state index contributed by atoms with van der Waals surface area (Å²) < 4.78 is 14.6. The van der Waals surface area contributed by atoms with Gasteiger partial charge in [0.25, 0.3) is 0 Å². The summed E-state index contributed by atoms with van der Waals surface area (Å²) in [5, 5.41) is 3.12. The fourth-order valence-electron chi connectivity index (χ4n) is 1.98. The summed E-state index contributed by atoms with van der Waals surface area (Å²) in [6, 6.07) is 8.89. The first-order valence-corrected chi connectivity index (χ1v) is 6.47. The van der Waals surface area contributed by atoms with Gasteiger partial charge >= 0.3 is 0 Å². The molecule has 0 aliphatic rings. The Morgan fingerprint density at radius 3 is 2.72 bits per heavy atom. The molecular formula is C14H14BrFN2. The van der Waals surface area contributed by atoms with Gasteiger partial charge in [0, 0.05) is 11.8 Å². The van der Waals surface area contributed by atoms with Gasteiger partial charge in [0.05, 0.1) is 16.2 Å². The minimum Gasteiger partial charge on any atom is -0.308 e. The molecule has 0 saturated carbocycles. The van der Waals surface area contributed by atoms with Crippen LogP contribution in [0.5, 0.6) is 0 Å². The predicted octanol–water partition coefficient (Wildman–Crippen LogP) is 3.60. The number of halogens is 2. The average Bonchev–Trinajstić information content (AvgIpc) is 2.37. The monoisotopic (exact) mass is 308 g/mol. The molecule has 0 radical (unpaired) electrons. The number of nitrogens with one attached hydrogen (secondary N) is 1. The fraction of sp³-hybridized carbons (Fsp3) is 0.214. The van der Waals surface area contributed by atoms with Crippen molar-refractivity contribution in [1.29, 1.82) is 0 Å². The van der Waals surface area contributed by atoms with Crippen molar-refractivity contribution < 1.29 is 4.39 Å². The van der Waals surface area contributed by atoms with Crippen LogP contribution in [0, 0.1) is 12.7 Å². The van der Waals surface area contributed by atoms with Crippen LogP contribution in [-0.4, -0.2) is 12.0 Å². The molecule has 4 heteroatoms. The topological polar surface area (TPSA) is 24.9 Å². The summed E-state index contributed by atoms with van der Waals surface area (Å²) in [4.78, 5) is 4.35. The minimum atomic E-state index is -0.248. The Labute approximate surface area is 114 Å². The predicted molar refractivity (Wildman–Crippen MR) is 74.0 cm³/mol. The smallest absolute Gasteiger partial charge is 0.142 e. The van der Waals surface area contributed by atoms with Gasteiger partial charge in [-0.15, -0.1) is 0 Å². The molecule has 1 aromatic heterocycles. The zero-order valence-electron chi connectivity index (χ0n) is 10.2. The fourth-order valence-corrected chi connectivity index (χ4v) is 2.36. The summed E-state index contributed by atoms with van der Waals surface area (Å²) in [6.45, 7) is 1.97. The van der Waals surface area contributed by atoms with Crippen LogP contribution in [0.25, 0.3) is 0 Å². The lowest BCUT2D eigenvalue weighted by Gasteiger charge is -2.19. The van der Waals surface area contributed by atoms with E-state index in [1.165, 1.54) is 0 Å². The third-order valence-electron chi connectivity index (χ3n) is 2.90. The van der Waals surface area contributed by atoms with E-state index in [0.29, 0.717) is 10.0 Å². The molecular weight excluding hydrogens is 295 g/mol. The zero-order chi connectivity index (χ0) is 13.1. The van der Waals surface area contributed by atoms with Gasteiger partial charge in [0.1, 0.15) is 5.82 Å². The summed E-state index contributed by atoms with van der Waals surface area (Å²) in [5.74, 6) is -0.248. The lowest BCUT2D eigenvalue weighted by Crippen LogP contribution is -2.21. The summed E-state index contributed by atoms with van der Waals surface area (Å²) >= 11 is 3.21. The second-order valence-corrected chi connectivity index (χ2v) is 4.92. The van der Waals surface area contributed by atoms with E-state index in [1.807, 2.05) is 25.1 Å². The van der Waals surface area contributed by atoms with Crippen LogP contribution in [0.15, 0.2) is 41.0 Å². The van der Waals surface area contributed by atoms with E-state index in [9.17, 15) is 4.39 Å². The molecule has 18 heavy (non-hydrogen) atoms. The highest BCUT2D eigenvalue weighted by Crippen LogP contribution is 2.28. The van der Waals surface area contributed by atoms with E-state index in [2.05, 4.69) is 26.2 Å². The maximum atomic E-state index is 14.1. The SMILES string of the molecule is CNC(c1cccc(Br)c1F)c1ncccc1C. The molecule has 2 rings (SSSR count). The first-order chi connectivity index (χ1) is 8.65. The van der Waals surface area contributed by atoms with Crippen LogP contribution in [0.2, 0.25) is 0 Å². The number of hydrogen-bond donors (Lipinski definition) is 1. The highest BCUT2D eigenvalue weighted by atomic mass is 79.9. The van der Waals surface area contributed by atoms with Crippen molar-refractivity contribution in [2.45, 2.75) is 13.0 Å². The molecule has 0 fully saturated rings. The van der Waals surface area contributed by atoms with E-state index < -0.39 is 0 Å². The summed E-state index contributed by atoms with van der Waals surface area (Å²) in [7, 11) is 1.80. The Bertz CT molecular complexity index is 557. The summed E-state index contributed by atoms with van der Waals surface area (Å²) in [5.41, 5.74) is 2.47. The maximum Gasteiger partial charge on any atom is 0.142 e. The second kappa shape index (κ2) is 5.59. The molecule has 0 bridgehead atoms. The molecule has 1 heterocycles. The highest BCUT2D eigenvalue weighted by molar-refractivity contribution is 9.10. The molecule has 0 spiro atoms. The number of benzene rings is 1. The van der Waals surface area contributed by atoms with E-state index >= 15 is 0 Å². The first kappa shape index (κ1) is 13.2. The van der Waals surface area contributed by atoms with Crippen LogP contribution in [-0.2, 0) is 0 Å². The Kier molecular flexibility index (Phi) is 4.09. The van der Waals surface area contributed by atoms with Gasteiger partial charge in [0.15, 0.2) is 0 Å². The molecule has 0 saturated heterocycles. The third-order valence-corrected chi connectivity index (χ3v) is 3.52. The lowest BCUT2D eigenvalue weighted by molar-refractivity contribution is 0.564. The van der Waals surface area contributed by atoms with Crippen molar-refractivity contribution in [3.63, 3.8) is 0 Å². The van der Waals surface area contributed by atoms with E-state index in [1.54, 1.807) is 25.4 Å². The zero-order valence-corrected chi connectivity index (χ0v) is 11.8. The van der Waals surface area contributed by atoms with Crippen molar-refractivity contribution in [2.75, 3.05) is 7.05 Å². The van der Waals surface area contributed by atoms with Gasteiger partial charge in [-0.05, 0) is 47.6 Å². The molecule has 0 aliphatic heterocycles. The summed E-state index contributed by atoms with van der Waals surface area (Å²) in [6.07, 6.45) is 1.72. The Hall–Kier alpha value is -1.26. The van der Waals surface area contributed by atoms with Crippen molar-refractivity contribution in [2.24, 2.45) is 0 Å². The third kappa shape index (κ3) is 2.44. The van der Waals surface area contributed by atoms with Crippen LogP contribution in [0.1, 0.15) is 22.9 Å². The lowest BCUT2D eigenvalue weighted by atomic mass is 9.99. The molecule has 2 nitrogen and oxygen atoms in total. The molecule has 0 aliphatic carbocycles. The second-order valence-electron chi connectivity index (χ2n) is 4.07. The normalized spacial score (nSPS) is 12.4. The molecule has 2 aromatic rings. The largest absolute Gasteiger partial charge is 0.308 e. The Morgan fingerprint density at radius 2 is 2.06 bits per heavy atom. The van der Waals surface area contributed by atoms with Crippen LogP contribution in [0.4, 0.5) is 4.39 Å². The Balaban J connectivity index is 2.53. The van der Waals surface area contributed by atoms with Gasteiger partial charge in [-0.25, -0.2) is 4.39 Å². The number of hydrogen-bond acceptors (Lipinski definition) is 2. The van der Waals surface area contributed by atoms with Gasteiger partial charge in [-0.2, -0.15) is 0 Å². The van der Waals surface area contributed by atoms with Gasteiger partial charge in [0.2, 0.25) is 0 Å². The number of aryl methyl sites for hydroxylation is 1. The number of aromatic nitrogens is 1. The first-order valence-electron chi connectivity index (χ1n) is 5.68. The molecule has 0 amide bonds. The quantitative estimate of drug-likeness (QED) is 0.937. The molecule has 1 atom stereocenters. The number of rotatable bonds is 3. The van der Waals surface area contributed by atoms with Crippen molar-refractivity contribution in [3.8, 4) is 0 Å². The van der Waals surface area contributed by atoms with Gasteiger partial charge < -0.3 is 5.32 Å². The van der Waals surface area contributed by atoms with Gasteiger partial charge in [-0.1, -0.05) is 18.2 Å². The number of pyridine rings is 1. The highest BCUT2D eigenvalue weighted by Gasteiger charge is 2.20. The molecule has 94 valence electrons. The molecule has 1 aromatic carbocycles. The molecule has 1 N–H and O–H groups in total. The van der Waals surface area contributed by atoms with Crippen molar-refractivity contribution in [3.05, 3.63) is 63.6 Å². The van der Waals surface area contributed by atoms with E-state index in [4.69, 9.17) is 0 Å². The van der Waals surface area contributed by atoms with E-state index in [0.717, 1.165) is 11.3 Å². The standard InChI is InChI=1S/C14H14BrFN2/c1-9-5-4-8-18-13(9)14(17-2)10-6-3-7-11(15)12(10)16/h3-8,14,17H,1-2H3. The van der Waals surface area contributed by atoms with Crippen molar-refractivity contribution in [1.82, 2.24) is 10.3 Å².